The van der Waals surface area contributed by atoms with Crippen LogP contribution in [0.4, 0.5) is 8.78 Å². The van der Waals surface area contributed by atoms with Gasteiger partial charge in [0.25, 0.3) is 0 Å². The molecule has 0 spiro atoms. The lowest BCUT2D eigenvalue weighted by Gasteiger charge is -2.23. The second-order valence-corrected chi connectivity index (χ2v) is 5.54. The van der Waals surface area contributed by atoms with Crippen LogP contribution in [0.1, 0.15) is 29.7 Å². The highest BCUT2D eigenvalue weighted by molar-refractivity contribution is 5.24. The quantitative estimate of drug-likeness (QED) is 0.904. The van der Waals surface area contributed by atoms with Crippen LogP contribution in [0.3, 0.4) is 0 Å². The number of rotatable bonds is 5. The number of likely N-dealkylation sites (tertiary alicyclic amines) is 1. The van der Waals surface area contributed by atoms with E-state index in [0.717, 1.165) is 18.2 Å². The Morgan fingerprint density at radius 1 is 1.43 bits per heavy atom. The molecule has 0 saturated carbocycles. The Labute approximate surface area is 131 Å². The van der Waals surface area contributed by atoms with Crippen molar-refractivity contribution in [1.29, 1.82) is 0 Å². The van der Waals surface area contributed by atoms with Crippen molar-refractivity contribution in [3.63, 3.8) is 0 Å². The Bertz CT molecular complexity index is 680. The van der Waals surface area contributed by atoms with E-state index in [4.69, 9.17) is 9.26 Å². The first-order chi connectivity index (χ1) is 11.1. The largest absolute Gasteiger partial charge is 0.392 e. The molecule has 3 rings (SSSR count). The van der Waals surface area contributed by atoms with Crippen LogP contribution < -0.4 is 0 Å². The minimum atomic E-state index is -0.621. The van der Waals surface area contributed by atoms with Crippen LogP contribution in [0.2, 0.25) is 0 Å². The van der Waals surface area contributed by atoms with Crippen molar-refractivity contribution in [1.82, 2.24) is 15.0 Å². The molecule has 1 N–H and O–H groups in total. The zero-order valence-electron chi connectivity index (χ0n) is 12.6. The maximum atomic E-state index is 14.0. The van der Waals surface area contributed by atoms with Gasteiger partial charge in [0.1, 0.15) is 18.2 Å². The molecule has 1 saturated heterocycles. The van der Waals surface area contributed by atoms with Gasteiger partial charge >= 0.3 is 0 Å². The molecule has 124 valence electrons. The number of hydrogen-bond acceptors (Lipinski definition) is 6. The summed E-state index contributed by atoms with van der Waals surface area (Å²) in [6.45, 7) is 0.797. The maximum absolute atomic E-state index is 14.0. The van der Waals surface area contributed by atoms with E-state index >= 15 is 0 Å². The Hall–Kier alpha value is -1.90. The molecule has 0 amide bonds. The van der Waals surface area contributed by atoms with Gasteiger partial charge in [-0.25, -0.2) is 8.78 Å². The number of β-amino-alcohol motifs (C(OH)–C–C–N with tert-alkyl or cyclic N) is 1. The summed E-state index contributed by atoms with van der Waals surface area (Å²) in [4.78, 5) is 5.96. The molecule has 1 aromatic heterocycles. The topological polar surface area (TPSA) is 71.6 Å². The first-order valence-electron chi connectivity index (χ1n) is 7.24. The van der Waals surface area contributed by atoms with E-state index in [-0.39, 0.29) is 18.7 Å². The minimum absolute atomic E-state index is 0.221. The number of hydrogen-bond donors (Lipinski definition) is 1. The summed E-state index contributed by atoms with van der Waals surface area (Å²) in [5, 5.41) is 13.7. The number of halogens is 2. The summed E-state index contributed by atoms with van der Waals surface area (Å²) >= 11 is 0. The van der Waals surface area contributed by atoms with Crippen LogP contribution in [-0.4, -0.2) is 39.9 Å². The van der Waals surface area contributed by atoms with Crippen molar-refractivity contribution < 1.29 is 23.1 Å². The Kier molecular flexibility index (Phi) is 4.65. The fourth-order valence-electron chi connectivity index (χ4n) is 2.86. The number of methoxy groups -OCH3 is 1. The van der Waals surface area contributed by atoms with Crippen LogP contribution in [0, 0.1) is 11.6 Å². The SMILES string of the molecule is COCc1noc(CN2C[C@H](O)C[C@H]2c2cc(F)ccc2F)n1. The van der Waals surface area contributed by atoms with E-state index in [1.165, 1.54) is 7.11 Å². The number of benzene rings is 1. The maximum Gasteiger partial charge on any atom is 0.240 e. The number of nitrogens with zero attached hydrogens (tertiary/aromatic N) is 3. The number of aromatic nitrogens is 2. The molecule has 1 aliphatic heterocycles. The molecule has 0 aliphatic carbocycles. The number of aliphatic hydroxyl groups is 1. The summed E-state index contributed by atoms with van der Waals surface area (Å²) in [6.07, 6.45) is -0.302. The van der Waals surface area contributed by atoms with E-state index in [1.807, 2.05) is 0 Å². The average Bonchev–Trinajstić information content (AvgIpc) is 3.09. The highest BCUT2D eigenvalue weighted by atomic mass is 19.1. The third kappa shape index (κ3) is 3.54. The molecule has 23 heavy (non-hydrogen) atoms. The zero-order chi connectivity index (χ0) is 16.4. The summed E-state index contributed by atoms with van der Waals surface area (Å²) in [6, 6.07) is 2.88. The monoisotopic (exact) mass is 325 g/mol. The van der Waals surface area contributed by atoms with E-state index in [1.54, 1.807) is 4.90 Å². The molecule has 2 heterocycles. The van der Waals surface area contributed by atoms with Gasteiger partial charge in [0.2, 0.25) is 5.89 Å². The summed E-state index contributed by atoms with van der Waals surface area (Å²) in [5.74, 6) is -0.257. The molecule has 0 bridgehead atoms. The summed E-state index contributed by atoms with van der Waals surface area (Å²) < 4.78 is 37.5. The fourth-order valence-corrected chi connectivity index (χ4v) is 2.86. The second-order valence-electron chi connectivity index (χ2n) is 5.54. The molecule has 8 heteroatoms. The molecule has 2 aromatic rings. The van der Waals surface area contributed by atoms with Crippen LogP contribution in [0.25, 0.3) is 0 Å². The highest BCUT2D eigenvalue weighted by Crippen LogP contribution is 2.34. The second kappa shape index (κ2) is 6.69. The third-order valence-electron chi connectivity index (χ3n) is 3.82. The van der Waals surface area contributed by atoms with Crippen LogP contribution in [0.5, 0.6) is 0 Å². The number of ether oxygens (including phenoxy) is 1. The van der Waals surface area contributed by atoms with E-state index in [0.29, 0.717) is 24.7 Å². The minimum Gasteiger partial charge on any atom is -0.392 e. The summed E-state index contributed by atoms with van der Waals surface area (Å²) in [5.41, 5.74) is 0.221. The van der Waals surface area contributed by atoms with Crippen LogP contribution in [-0.2, 0) is 17.9 Å². The number of aliphatic hydroxyl groups excluding tert-OH is 1. The zero-order valence-corrected chi connectivity index (χ0v) is 12.6. The van der Waals surface area contributed by atoms with Crippen molar-refractivity contribution in [3.05, 3.63) is 47.1 Å². The van der Waals surface area contributed by atoms with E-state index in [9.17, 15) is 13.9 Å². The van der Waals surface area contributed by atoms with Gasteiger partial charge in [-0.1, -0.05) is 5.16 Å². The van der Waals surface area contributed by atoms with Gasteiger partial charge in [0.15, 0.2) is 5.82 Å². The lowest BCUT2D eigenvalue weighted by Crippen LogP contribution is -2.25. The molecule has 1 fully saturated rings. The first-order valence-corrected chi connectivity index (χ1v) is 7.24. The van der Waals surface area contributed by atoms with E-state index in [2.05, 4.69) is 10.1 Å². The molecule has 1 aliphatic rings. The molecule has 1 aromatic carbocycles. The van der Waals surface area contributed by atoms with Gasteiger partial charge < -0.3 is 14.4 Å². The third-order valence-corrected chi connectivity index (χ3v) is 3.82. The molecule has 6 nitrogen and oxygen atoms in total. The smallest absolute Gasteiger partial charge is 0.240 e. The molecule has 0 radical (unpaired) electrons. The van der Waals surface area contributed by atoms with E-state index < -0.39 is 23.8 Å². The van der Waals surface area contributed by atoms with Crippen LogP contribution >= 0.6 is 0 Å². The van der Waals surface area contributed by atoms with Crippen molar-refractivity contribution in [2.45, 2.75) is 31.7 Å². The van der Waals surface area contributed by atoms with Gasteiger partial charge in [0, 0.05) is 25.3 Å². The molecular weight excluding hydrogens is 308 g/mol. The van der Waals surface area contributed by atoms with Gasteiger partial charge in [-0.2, -0.15) is 4.98 Å². The molecular formula is C15H17F2N3O3. The van der Waals surface area contributed by atoms with Gasteiger partial charge in [-0.3, -0.25) is 4.90 Å². The normalized spacial score (nSPS) is 21.9. The van der Waals surface area contributed by atoms with Crippen LogP contribution in [0.15, 0.2) is 22.7 Å². The Balaban J connectivity index is 1.80. The average molecular weight is 325 g/mol. The standard InChI is InChI=1S/C15H17F2N3O3/c1-22-8-14-18-15(23-19-14)7-20-6-10(21)5-13(20)11-4-9(16)2-3-12(11)17/h2-4,10,13,21H,5-8H2,1H3/t10-,13+/m1/s1. The predicted octanol–water partition coefficient (Wildman–Crippen LogP) is 1.80. The predicted molar refractivity (Wildman–Crippen MR) is 75.1 cm³/mol. The van der Waals surface area contributed by atoms with Crippen molar-refractivity contribution in [2.75, 3.05) is 13.7 Å². The lowest BCUT2D eigenvalue weighted by atomic mass is 10.0. The molecule has 0 unspecified atom stereocenters. The summed E-state index contributed by atoms with van der Waals surface area (Å²) in [7, 11) is 1.52. The Morgan fingerprint density at radius 3 is 3.04 bits per heavy atom. The van der Waals surface area contributed by atoms with Gasteiger partial charge in [-0.15, -0.1) is 0 Å². The first kappa shape index (κ1) is 16.0. The van der Waals surface area contributed by atoms with Gasteiger partial charge in [-0.05, 0) is 24.6 Å². The lowest BCUT2D eigenvalue weighted by molar-refractivity contribution is 0.163. The molecule has 2 atom stereocenters. The van der Waals surface area contributed by atoms with Crippen molar-refractivity contribution >= 4 is 0 Å². The van der Waals surface area contributed by atoms with Gasteiger partial charge in [0.05, 0.1) is 12.6 Å². The Morgan fingerprint density at radius 2 is 2.26 bits per heavy atom. The van der Waals surface area contributed by atoms with Crippen molar-refractivity contribution in [2.24, 2.45) is 0 Å². The fraction of sp³-hybridized carbons (Fsp3) is 0.467. The highest BCUT2D eigenvalue weighted by Gasteiger charge is 2.34. The van der Waals surface area contributed by atoms with Crippen molar-refractivity contribution in [3.8, 4) is 0 Å².